The van der Waals surface area contributed by atoms with Gasteiger partial charge in [0, 0.05) is 22.7 Å². The molecule has 0 aliphatic rings. The first-order chi connectivity index (χ1) is 8.60. The summed E-state index contributed by atoms with van der Waals surface area (Å²) in [7, 11) is 0. The van der Waals surface area contributed by atoms with E-state index in [4.69, 9.17) is 27.9 Å². The van der Waals surface area contributed by atoms with Gasteiger partial charge in [0.15, 0.2) is 0 Å². The summed E-state index contributed by atoms with van der Waals surface area (Å²) in [4.78, 5) is 0. The fourth-order valence-corrected chi connectivity index (χ4v) is 2.54. The number of halogens is 2. The van der Waals surface area contributed by atoms with Gasteiger partial charge >= 0.3 is 0 Å². The minimum atomic E-state index is 0.127. The largest absolute Gasteiger partial charge is 0.377 e. The summed E-state index contributed by atoms with van der Waals surface area (Å²) in [6.45, 7) is 7.76. The molecule has 0 aliphatic heterocycles. The highest BCUT2D eigenvalue weighted by Crippen LogP contribution is 2.26. The summed E-state index contributed by atoms with van der Waals surface area (Å²) in [6.07, 6.45) is 0.898. The Labute approximate surface area is 120 Å². The van der Waals surface area contributed by atoms with Gasteiger partial charge in [0.1, 0.15) is 0 Å². The van der Waals surface area contributed by atoms with Crippen molar-refractivity contribution in [3.63, 3.8) is 0 Å². The van der Waals surface area contributed by atoms with Crippen molar-refractivity contribution >= 4 is 23.2 Å². The van der Waals surface area contributed by atoms with Gasteiger partial charge in [0.25, 0.3) is 0 Å². The van der Waals surface area contributed by atoms with Crippen LogP contribution in [0.5, 0.6) is 0 Å². The second-order valence-corrected chi connectivity index (χ2v) is 5.04. The summed E-state index contributed by atoms with van der Waals surface area (Å²) in [6, 6.07) is 5.82. The quantitative estimate of drug-likeness (QED) is 0.821. The van der Waals surface area contributed by atoms with Gasteiger partial charge in [0.2, 0.25) is 0 Å². The first-order valence-electron chi connectivity index (χ1n) is 6.38. The number of nitrogens with one attached hydrogen (secondary N) is 1. The second-order valence-electron chi connectivity index (χ2n) is 4.23. The normalized spacial score (nSPS) is 14.5. The van der Waals surface area contributed by atoms with Crippen LogP contribution in [0.4, 0.5) is 0 Å². The summed E-state index contributed by atoms with van der Waals surface area (Å²) in [5, 5.41) is 4.86. The second kappa shape index (κ2) is 8.00. The van der Waals surface area contributed by atoms with Gasteiger partial charge in [-0.3, -0.25) is 0 Å². The Morgan fingerprint density at radius 3 is 2.33 bits per heavy atom. The fraction of sp³-hybridized carbons (Fsp3) is 0.571. The molecular formula is C14H21Cl2NO. The molecular weight excluding hydrogens is 269 g/mol. The molecule has 1 aromatic rings. The SMILES string of the molecule is CCNC(Cc1c(Cl)cccc1Cl)C(C)OCC. The minimum absolute atomic E-state index is 0.127. The Kier molecular flexibility index (Phi) is 7.02. The zero-order valence-corrected chi connectivity index (χ0v) is 12.7. The molecule has 0 spiro atoms. The molecule has 0 bridgehead atoms. The van der Waals surface area contributed by atoms with Crippen LogP contribution in [0.1, 0.15) is 26.3 Å². The lowest BCUT2D eigenvalue weighted by Crippen LogP contribution is -2.41. The zero-order chi connectivity index (χ0) is 13.5. The van der Waals surface area contributed by atoms with E-state index in [0.29, 0.717) is 16.7 Å². The van der Waals surface area contributed by atoms with Crippen molar-refractivity contribution in [2.45, 2.75) is 39.3 Å². The van der Waals surface area contributed by atoms with Gasteiger partial charge < -0.3 is 10.1 Å². The van der Waals surface area contributed by atoms with Gasteiger partial charge in [-0.1, -0.05) is 36.2 Å². The molecule has 1 N–H and O–H groups in total. The number of hydrogen-bond donors (Lipinski definition) is 1. The smallest absolute Gasteiger partial charge is 0.0703 e. The molecule has 0 fully saturated rings. The van der Waals surface area contributed by atoms with Crippen LogP contribution in [0, 0.1) is 0 Å². The number of benzene rings is 1. The Hall–Kier alpha value is -0.280. The van der Waals surface area contributed by atoms with Crippen LogP contribution in [0.15, 0.2) is 18.2 Å². The van der Waals surface area contributed by atoms with Crippen LogP contribution in [-0.2, 0) is 11.2 Å². The van der Waals surface area contributed by atoms with Gasteiger partial charge in [-0.2, -0.15) is 0 Å². The maximum atomic E-state index is 6.20. The molecule has 2 unspecified atom stereocenters. The molecule has 0 saturated heterocycles. The molecule has 1 aromatic carbocycles. The van der Waals surface area contributed by atoms with Crippen molar-refractivity contribution in [2.24, 2.45) is 0 Å². The molecule has 0 amide bonds. The Bertz CT molecular complexity index is 351. The summed E-state index contributed by atoms with van der Waals surface area (Å²) >= 11 is 12.4. The third-order valence-corrected chi connectivity index (χ3v) is 3.66. The fourth-order valence-electron chi connectivity index (χ4n) is 1.99. The molecule has 2 nitrogen and oxygen atoms in total. The Morgan fingerprint density at radius 1 is 1.22 bits per heavy atom. The molecule has 2 atom stereocenters. The first kappa shape index (κ1) is 15.8. The van der Waals surface area contributed by atoms with Gasteiger partial charge in [-0.25, -0.2) is 0 Å². The number of ether oxygens (including phenoxy) is 1. The van der Waals surface area contributed by atoms with E-state index in [0.717, 1.165) is 18.5 Å². The molecule has 0 saturated carbocycles. The van der Waals surface area contributed by atoms with E-state index in [1.165, 1.54) is 0 Å². The lowest BCUT2D eigenvalue weighted by atomic mass is 10.0. The summed E-state index contributed by atoms with van der Waals surface area (Å²) in [5.74, 6) is 0. The van der Waals surface area contributed by atoms with Crippen LogP contribution in [0.2, 0.25) is 10.0 Å². The first-order valence-corrected chi connectivity index (χ1v) is 7.13. The minimum Gasteiger partial charge on any atom is -0.377 e. The number of hydrogen-bond acceptors (Lipinski definition) is 2. The zero-order valence-electron chi connectivity index (χ0n) is 11.2. The molecule has 102 valence electrons. The van der Waals surface area contributed by atoms with E-state index in [9.17, 15) is 0 Å². The number of likely N-dealkylation sites (N-methyl/N-ethyl adjacent to an activating group) is 1. The molecule has 4 heteroatoms. The highest BCUT2D eigenvalue weighted by molar-refractivity contribution is 6.36. The average molecular weight is 290 g/mol. The van der Waals surface area contributed by atoms with Crippen molar-refractivity contribution in [3.8, 4) is 0 Å². The van der Waals surface area contributed by atoms with Gasteiger partial charge in [-0.05, 0) is 44.5 Å². The molecule has 18 heavy (non-hydrogen) atoms. The summed E-state index contributed by atoms with van der Waals surface area (Å²) < 4.78 is 5.66. The van der Waals surface area contributed by atoms with Crippen molar-refractivity contribution in [2.75, 3.05) is 13.2 Å². The van der Waals surface area contributed by atoms with E-state index in [1.54, 1.807) is 0 Å². The van der Waals surface area contributed by atoms with E-state index < -0.39 is 0 Å². The van der Waals surface area contributed by atoms with Crippen LogP contribution >= 0.6 is 23.2 Å². The molecule has 0 aromatic heterocycles. The highest BCUT2D eigenvalue weighted by Gasteiger charge is 2.19. The van der Waals surface area contributed by atoms with Gasteiger partial charge in [0.05, 0.1) is 6.10 Å². The molecule has 0 aliphatic carbocycles. The predicted molar refractivity (Wildman–Crippen MR) is 78.7 cm³/mol. The number of rotatable bonds is 7. The molecule has 1 rings (SSSR count). The van der Waals surface area contributed by atoms with Crippen molar-refractivity contribution in [3.05, 3.63) is 33.8 Å². The van der Waals surface area contributed by atoms with E-state index >= 15 is 0 Å². The Morgan fingerprint density at radius 2 is 1.83 bits per heavy atom. The standard InChI is InChI=1S/C14H21Cl2NO/c1-4-17-14(10(3)18-5-2)9-11-12(15)7-6-8-13(11)16/h6-8,10,14,17H,4-5,9H2,1-3H3. The molecule has 0 heterocycles. The monoisotopic (exact) mass is 289 g/mol. The van der Waals surface area contributed by atoms with Gasteiger partial charge in [-0.15, -0.1) is 0 Å². The maximum Gasteiger partial charge on any atom is 0.0703 e. The average Bonchev–Trinajstić information content (AvgIpc) is 2.33. The maximum absolute atomic E-state index is 6.20. The highest BCUT2D eigenvalue weighted by atomic mass is 35.5. The van der Waals surface area contributed by atoms with E-state index in [-0.39, 0.29) is 12.1 Å². The topological polar surface area (TPSA) is 21.3 Å². The van der Waals surface area contributed by atoms with Crippen molar-refractivity contribution in [1.29, 1.82) is 0 Å². The van der Waals surface area contributed by atoms with E-state index in [2.05, 4.69) is 19.2 Å². The van der Waals surface area contributed by atoms with Crippen LogP contribution in [0.3, 0.4) is 0 Å². The van der Waals surface area contributed by atoms with Crippen molar-refractivity contribution < 1.29 is 4.74 Å². The predicted octanol–water partition coefficient (Wildman–Crippen LogP) is 3.94. The lowest BCUT2D eigenvalue weighted by molar-refractivity contribution is 0.0480. The summed E-state index contributed by atoms with van der Waals surface area (Å²) in [5.41, 5.74) is 0.985. The lowest BCUT2D eigenvalue weighted by Gasteiger charge is -2.25. The van der Waals surface area contributed by atoms with Crippen LogP contribution in [-0.4, -0.2) is 25.3 Å². The Balaban J connectivity index is 2.82. The van der Waals surface area contributed by atoms with Crippen LogP contribution < -0.4 is 5.32 Å². The molecule has 0 radical (unpaired) electrons. The van der Waals surface area contributed by atoms with Crippen LogP contribution in [0.25, 0.3) is 0 Å². The van der Waals surface area contributed by atoms with E-state index in [1.807, 2.05) is 25.1 Å². The third kappa shape index (κ3) is 4.43. The third-order valence-electron chi connectivity index (χ3n) is 2.95. The van der Waals surface area contributed by atoms with Crippen molar-refractivity contribution in [1.82, 2.24) is 5.32 Å².